The molecule has 2 N–H and O–H groups in total. The Balaban J connectivity index is 2.49. The maximum Gasteiger partial charge on any atom is 0.267 e. The first kappa shape index (κ1) is 9.52. The fraction of sp³-hybridized carbons (Fsp3) is 0.700. The summed E-state index contributed by atoms with van der Waals surface area (Å²) < 4.78 is 2.00. The normalized spacial score (nSPS) is 16.8. The zero-order chi connectivity index (χ0) is 10.1. The molecule has 0 atom stereocenters. The summed E-state index contributed by atoms with van der Waals surface area (Å²) in [5.74, 6) is 0. The Morgan fingerprint density at radius 1 is 1.29 bits per heavy atom. The van der Waals surface area contributed by atoms with Gasteiger partial charge in [0.25, 0.3) is 5.56 Å². The van der Waals surface area contributed by atoms with Gasteiger partial charge in [-0.2, -0.15) is 0 Å². The number of H-pyrrole nitrogens is 1. The monoisotopic (exact) mass is 195 g/mol. The number of nitrogens with zero attached hydrogens (tertiary/aromatic N) is 1. The Morgan fingerprint density at radius 2 is 2.00 bits per heavy atom. The van der Waals surface area contributed by atoms with E-state index in [1.807, 2.05) is 4.68 Å². The minimum absolute atomic E-state index is 0.0948. The first-order valence-electron chi connectivity index (χ1n) is 5.23. The highest BCUT2D eigenvalue weighted by Crippen LogP contribution is 2.13. The maximum absolute atomic E-state index is 11.6. The summed E-state index contributed by atoms with van der Waals surface area (Å²) in [6.45, 7) is 6.07. The summed E-state index contributed by atoms with van der Waals surface area (Å²) in [5.41, 5.74) is 2.26. The predicted octanol–water partition coefficient (Wildman–Crippen LogP) is 0.445. The first-order chi connectivity index (χ1) is 6.70. The number of nitrogens with one attached hydrogen (secondary N) is 2. The van der Waals surface area contributed by atoms with Crippen molar-refractivity contribution in [3.8, 4) is 0 Å². The molecule has 0 bridgehead atoms. The van der Waals surface area contributed by atoms with Crippen molar-refractivity contribution in [3.05, 3.63) is 21.6 Å². The number of rotatable bonds is 1. The average molecular weight is 195 g/mol. The summed E-state index contributed by atoms with van der Waals surface area (Å²) >= 11 is 0. The lowest BCUT2D eigenvalue weighted by Crippen LogP contribution is -2.19. The van der Waals surface area contributed by atoms with Gasteiger partial charge in [-0.05, 0) is 26.8 Å². The van der Waals surface area contributed by atoms with E-state index in [4.69, 9.17) is 0 Å². The third-order valence-corrected chi connectivity index (χ3v) is 2.74. The zero-order valence-electron chi connectivity index (χ0n) is 8.76. The number of hydrogen-bond acceptors (Lipinski definition) is 2. The highest BCUT2D eigenvalue weighted by molar-refractivity contribution is 5.20. The van der Waals surface area contributed by atoms with Crippen molar-refractivity contribution in [3.63, 3.8) is 0 Å². The molecular weight excluding hydrogens is 178 g/mol. The van der Waals surface area contributed by atoms with Crippen molar-refractivity contribution < 1.29 is 0 Å². The lowest BCUT2D eigenvalue weighted by atomic mass is 10.1. The Labute approximate surface area is 83.3 Å². The molecule has 14 heavy (non-hydrogen) atoms. The molecule has 0 fully saturated rings. The smallest absolute Gasteiger partial charge is 0.267 e. The fourth-order valence-corrected chi connectivity index (χ4v) is 2.04. The minimum atomic E-state index is 0.0948. The van der Waals surface area contributed by atoms with E-state index in [1.54, 1.807) is 0 Å². The van der Waals surface area contributed by atoms with Gasteiger partial charge in [0, 0.05) is 30.3 Å². The molecule has 1 aliphatic rings. The van der Waals surface area contributed by atoms with Crippen molar-refractivity contribution in [1.82, 2.24) is 15.1 Å². The van der Waals surface area contributed by atoms with Crippen LogP contribution in [0, 0.1) is 0 Å². The van der Waals surface area contributed by atoms with E-state index in [9.17, 15) is 4.79 Å². The van der Waals surface area contributed by atoms with Gasteiger partial charge in [0.1, 0.15) is 0 Å². The number of fused-ring (bicyclic) bond motifs is 1. The van der Waals surface area contributed by atoms with Crippen molar-refractivity contribution in [2.24, 2.45) is 0 Å². The second-order valence-corrected chi connectivity index (χ2v) is 4.08. The Bertz CT molecular complexity index is 375. The molecule has 4 heteroatoms. The summed E-state index contributed by atoms with van der Waals surface area (Å²) in [4.78, 5) is 11.6. The van der Waals surface area contributed by atoms with Crippen molar-refractivity contribution in [2.45, 2.75) is 32.7 Å². The highest BCUT2D eigenvalue weighted by Gasteiger charge is 2.17. The first-order valence-corrected chi connectivity index (χ1v) is 5.23. The Hall–Kier alpha value is -1.03. The van der Waals surface area contributed by atoms with Crippen LogP contribution in [0.2, 0.25) is 0 Å². The summed E-state index contributed by atoms with van der Waals surface area (Å²) in [5, 5.41) is 6.22. The number of hydrogen-bond donors (Lipinski definition) is 2. The minimum Gasteiger partial charge on any atom is -0.316 e. The van der Waals surface area contributed by atoms with Gasteiger partial charge in [-0.3, -0.25) is 14.6 Å². The van der Waals surface area contributed by atoms with Gasteiger partial charge in [0.2, 0.25) is 0 Å². The van der Waals surface area contributed by atoms with Gasteiger partial charge in [-0.1, -0.05) is 0 Å². The zero-order valence-corrected chi connectivity index (χ0v) is 8.76. The van der Waals surface area contributed by atoms with Crippen LogP contribution in [-0.2, 0) is 12.8 Å². The predicted molar refractivity (Wildman–Crippen MR) is 55.7 cm³/mol. The molecule has 4 nitrogen and oxygen atoms in total. The maximum atomic E-state index is 11.6. The second-order valence-electron chi connectivity index (χ2n) is 4.08. The van der Waals surface area contributed by atoms with Crippen LogP contribution in [0.1, 0.15) is 31.1 Å². The number of aromatic amines is 1. The summed E-state index contributed by atoms with van der Waals surface area (Å²) in [6.07, 6.45) is 1.80. The van der Waals surface area contributed by atoms with E-state index in [2.05, 4.69) is 24.3 Å². The van der Waals surface area contributed by atoms with E-state index in [-0.39, 0.29) is 5.56 Å². The van der Waals surface area contributed by atoms with Crippen LogP contribution in [0.3, 0.4) is 0 Å². The van der Waals surface area contributed by atoms with Crippen LogP contribution < -0.4 is 10.9 Å². The molecule has 1 aliphatic heterocycles. The second kappa shape index (κ2) is 3.61. The molecule has 2 heterocycles. The number of aromatic nitrogens is 2. The van der Waals surface area contributed by atoms with Crippen molar-refractivity contribution in [1.29, 1.82) is 0 Å². The van der Waals surface area contributed by atoms with Crippen LogP contribution >= 0.6 is 0 Å². The van der Waals surface area contributed by atoms with Crippen LogP contribution in [0.4, 0.5) is 0 Å². The SMILES string of the molecule is CC(C)n1[nH]c(=O)c2c1CCNCC2. The highest BCUT2D eigenvalue weighted by atomic mass is 16.1. The van der Waals surface area contributed by atoms with Crippen molar-refractivity contribution in [2.75, 3.05) is 13.1 Å². The van der Waals surface area contributed by atoms with Gasteiger partial charge in [-0.15, -0.1) is 0 Å². The largest absolute Gasteiger partial charge is 0.316 e. The van der Waals surface area contributed by atoms with Gasteiger partial charge in [-0.25, -0.2) is 0 Å². The molecule has 0 unspecified atom stereocenters. The Kier molecular flexibility index (Phi) is 2.46. The molecule has 0 spiro atoms. The molecule has 0 radical (unpaired) electrons. The van der Waals surface area contributed by atoms with Crippen LogP contribution in [0.25, 0.3) is 0 Å². The van der Waals surface area contributed by atoms with Gasteiger partial charge in [0.15, 0.2) is 0 Å². The molecule has 1 aromatic heterocycles. The van der Waals surface area contributed by atoms with Crippen LogP contribution in [0.5, 0.6) is 0 Å². The molecule has 0 amide bonds. The standard InChI is InChI=1S/C10H17N3O/c1-7(2)13-9-4-6-11-5-3-8(9)10(14)12-13/h7,11H,3-6H2,1-2H3,(H,12,14). The quantitative estimate of drug-likeness (QED) is 0.683. The molecule has 1 aromatic rings. The molecule has 78 valence electrons. The van der Waals surface area contributed by atoms with E-state index in [0.29, 0.717) is 6.04 Å². The van der Waals surface area contributed by atoms with Gasteiger partial charge < -0.3 is 5.32 Å². The summed E-state index contributed by atoms with van der Waals surface area (Å²) in [6, 6.07) is 0.338. The summed E-state index contributed by atoms with van der Waals surface area (Å²) in [7, 11) is 0. The molecule has 0 aromatic carbocycles. The van der Waals surface area contributed by atoms with Gasteiger partial charge >= 0.3 is 0 Å². The molecule has 0 saturated heterocycles. The van der Waals surface area contributed by atoms with Crippen molar-refractivity contribution >= 4 is 0 Å². The Morgan fingerprint density at radius 3 is 2.71 bits per heavy atom. The van der Waals surface area contributed by atoms with E-state index in [1.165, 1.54) is 5.69 Å². The third-order valence-electron chi connectivity index (χ3n) is 2.74. The van der Waals surface area contributed by atoms with Crippen LogP contribution in [0.15, 0.2) is 4.79 Å². The molecular formula is C10H17N3O. The van der Waals surface area contributed by atoms with Gasteiger partial charge in [0.05, 0.1) is 0 Å². The van der Waals surface area contributed by atoms with E-state index < -0.39 is 0 Å². The average Bonchev–Trinajstić information content (AvgIpc) is 2.38. The fourth-order valence-electron chi connectivity index (χ4n) is 2.04. The van der Waals surface area contributed by atoms with E-state index in [0.717, 1.165) is 31.5 Å². The lowest BCUT2D eigenvalue weighted by Gasteiger charge is -2.11. The van der Waals surface area contributed by atoms with E-state index >= 15 is 0 Å². The molecule has 0 aliphatic carbocycles. The molecule has 2 rings (SSSR count). The molecule has 0 saturated carbocycles. The topological polar surface area (TPSA) is 49.8 Å². The third kappa shape index (κ3) is 1.50. The van der Waals surface area contributed by atoms with Crippen LogP contribution in [-0.4, -0.2) is 22.9 Å². The lowest BCUT2D eigenvalue weighted by molar-refractivity contribution is 0.503.